The van der Waals surface area contributed by atoms with Crippen molar-refractivity contribution in [3.05, 3.63) is 32.8 Å². The summed E-state index contributed by atoms with van der Waals surface area (Å²) < 4.78 is 6.25. The second-order valence-electron chi connectivity index (χ2n) is 3.89. The summed E-state index contributed by atoms with van der Waals surface area (Å²) in [4.78, 5) is 21.3. The summed E-state index contributed by atoms with van der Waals surface area (Å²) in [6, 6.07) is 4.34. The lowest BCUT2D eigenvalue weighted by molar-refractivity contribution is -0.385. The number of Topliss-reactive ketones (excluding diaryl/α,β-unsaturated/α-hetero) is 1. The number of carbonyl (C=O) groups is 1. The number of ether oxygens (including phenoxy) is 1. The van der Waals surface area contributed by atoms with E-state index in [1.165, 1.54) is 12.1 Å². The molecule has 90 valence electrons. The van der Waals surface area contributed by atoms with Crippen LogP contribution in [0.5, 0.6) is 5.75 Å². The van der Waals surface area contributed by atoms with Gasteiger partial charge in [0.1, 0.15) is 17.6 Å². The van der Waals surface area contributed by atoms with Crippen molar-refractivity contribution >= 4 is 27.4 Å². The quantitative estimate of drug-likeness (QED) is 0.635. The van der Waals surface area contributed by atoms with Gasteiger partial charge in [0.2, 0.25) is 0 Å². The highest BCUT2D eigenvalue weighted by Gasteiger charge is 2.24. The molecule has 0 bridgehead atoms. The topological polar surface area (TPSA) is 69.4 Å². The molecule has 1 atom stereocenters. The second-order valence-corrected chi connectivity index (χ2v) is 4.75. The Kier molecular flexibility index (Phi) is 3.42. The average molecular weight is 300 g/mol. The maximum Gasteiger partial charge on any atom is 0.273 e. The summed E-state index contributed by atoms with van der Waals surface area (Å²) in [7, 11) is 0. The van der Waals surface area contributed by atoms with E-state index in [1.54, 1.807) is 6.07 Å². The monoisotopic (exact) mass is 299 g/mol. The third-order valence-corrected chi connectivity index (χ3v) is 3.27. The third kappa shape index (κ3) is 2.82. The van der Waals surface area contributed by atoms with Gasteiger partial charge in [-0.3, -0.25) is 14.9 Å². The van der Waals surface area contributed by atoms with Gasteiger partial charge in [0.15, 0.2) is 0 Å². The Balaban J connectivity index is 2.17. The maximum absolute atomic E-state index is 11.1. The SMILES string of the molecule is O=C1CCC(Oc2cc([N+](=O)[O-])ccc2Br)C1. The van der Waals surface area contributed by atoms with E-state index in [0.717, 1.165) is 0 Å². The predicted octanol–water partition coefficient (Wildman–Crippen LogP) is 2.86. The molecule has 1 saturated carbocycles. The minimum Gasteiger partial charge on any atom is -0.489 e. The van der Waals surface area contributed by atoms with Gasteiger partial charge in [0, 0.05) is 18.9 Å². The summed E-state index contributed by atoms with van der Waals surface area (Å²) in [6.45, 7) is 0. The van der Waals surface area contributed by atoms with Crippen LogP contribution in [0.1, 0.15) is 19.3 Å². The van der Waals surface area contributed by atoms with Crippen LogP contribution in [0.2, 0.25) is 0 Å². The summed E-state index contributed by atoms with van der Waals surface area (Å²) >= 11 is 3.27. The van der Waals surface area contributed by atoms with E-state index < -0.39 is 4.92 Å². The maximum atomic E-state index is 11.1. The Morgan fingerprint density at radius 1 is 1.47 bits per heavy atom. The number of ketones is 1. The fourth-order valence-corrected chi connectivity index (χ4v) is 2.10. The lowest BCUT2D eigenvalue weighted by Gasteiger charge is -2.13. The lowest BCUT2D eigenvalue weighted by atomic mass is 10.3. The molecule has 1 aliphatic rings. The Bertz CT molecular complexity index is 475. The highest BCUT2D eigenvalue weighted by atomic mass is 79.9. The van der Waals surface area contributed by atoms with E-state index in [-0.39, 0.29) is 17.6 Å². The molecule has 0 amide bonds. The molecule has 1 unspecified atom stereocenters. The summed E-state index contributed by atoms with van der Waals surface area (Å²) in [6.07, 6.45) is 1.42. The van der Waals surface area contributed by atoms with E-state index in [4.69, 9.17) is 4.74 Å². The number of non-ortho nitro benzene ring substituents is 1. The molecular weight excluding hydrogens is 290 g/mol. The fraction of sp³-hybridized carbons (Fsp3) is 0.364. The van der Waals surface area contributed by atoms with Crippen LogP contribution in [0.25, 0.3) is 0 Å². The van der Waals surface area contributed by atoms with Crippen LogP contribution in [0, 0.1) is 10.1 Å². The second kappa shape index (κ2) is 4.83. The standard InChI is InChI=1S/C11H10BrNO4/c12-10-4-1-7(13(15)16)5-11(10)17-9-3-2-8(14)6-9/h1,4-5,9H,2-3,6H2. The van der Waals surface area contributed by atoms with Gasteiger partial charge < -0.3 is 4.74 Å². The van der Waals surface area contributed by atoms with E-state index in [1.807, 2.05) is 0 Å². The van der Waals surface area contributed by atoms with Gasteiger partial charge in [0.25, 0.3) is 5.69 Å². The Morgan fingerprint density at radius 2 is 2.24 bits per heavy atom. The van der Waals surface area contributed by atoms with E-state index in [2.05, 4.69) is 15.9 Å². The van der Waals surface area contributed by atoms with Gasteiger partial charge in [0.05, 0.1) is 15.5 Å². The molecule has 0 aromatic heterocycles. The molecule has 6 heteroatoms. The van der Waals surface area contributed by atoms with Crippen LogP contribution in [0.15, 0.2) is 22.7 Å². The largest absolute Gasteiger partial charge is 0.489 e. The zero-order valence-corrected chi connectivity index (χ0v) is 10.5. The first-order chi connectivity index (χ1) is 8.06. The number of nitrogens with zero attached hydrogens (tertiary/aromatic N) is 1. The van der Waals surface area contributed by atoms with E-state index in [9.17, 15) is 14.9 Å². The molecule has 17 heavy (non-hydrogen) atoms. The molecule has 5 nitrogen and oxygen atoms in total. The number of nitro groups is 1. The zero-order valence-electron chi connectivity index (χ0n) is 8.89. The molecule has 2 rings (SSSR count). The first-order valence-corrected chi connectivity index (χ1v) is 5.98. The van der Waals surface area contributed by atoms with Crippen LogP contribution in [0.4, 0.5) is 5.69 Å². The Morgan fingerprint density at radius 3 is 2.82 bits per heavy atom. The van der Waals surface area contributed by atoms with Crippen molar-refractivity contribution in [1.82, 2.24) is 0 Å². The molecule has 0 saturated heterocycles. The molecule has 0 N–H and O–H groups in total. The van der Waals surface area contributed by atoms with Gasteiger partial charge in [-0.25, -0.2) is 0 Å². The Labute approximate surface area is 106 Å². The first-order valence-electron chi connectivity index (χ1n) is 5.18. The van der Waals surface area contributed by atoms with Gasteiger partial charge in [-0.1, -0.05) is 0 Å². The van der Waals surface area contributed by atoms with Gasteiger partial charge >= 0.3 is 0 Å². The van der Waals surface area contributed by atoms with Crippen molar-refractivity contribution in [2.24, 2.45) is 0 Å². The number of benzene rings is 1. The van der Waals surface area contributed by atoms with Crippen LogP contribution < -0.4 is 4.74 Å². The van der Waals surface area contributed by atoms with Crippen molar-refractivity contribution in [3.8, 4) is 5.75 Å². The number of hydrogen-bond donors (Lipinski definition) is 0. The minimum absolute atomic E-state index is 0.0208. The molecule has 1 aromatic carbocycles. The number of hydrogen-bond acceptors (Lipinski definition) is 4. The van der Waals surface area contributed by atoms with Crippen molar-refractivity contribution in [2.45, 2.75) is 25.4 Å². The highest BCUT2D eigenvalue weighted by molar-refractivity contribution is 9.10. The molecule has 0 aliphatic heterocycles. The minimum atomic E-state index is -0.473. The average Bonchev–Trinajstić information content (AvgIpc) is 2.67. The smallest absolute Gasteiger partial charge is 0.273 e. The Hall–Kier alpha value is -1.43. The van der Waals surface area contributed by atoms with Crippen LogP contribution in [0.3, 0.4) is 0 Å². The first kappa shape index (κ1) is 12.0. The van der Waals surface area contributed by atoms with Crippen LogP contribution in [-0.4, -0.2) is 16.8 Å². The fourth-order valence-electron chi connectivity index (χ4n) is 1.76. The van der Waals surface area contributed by atoms with Gasteiger partial charge in [-0.05, 0) is 28.4 Å². The van der Waals surface area contributed by atoms with Crippen molar-refractivity contribution < 1.29 is 14.5 Å². The summed E-state index contributed by atoms with van der Waals surface area (Å²) in [5.41, 5.74) is -0.0208. The van der Waals surface area contributed by atoms with Gasteiger partial charge in [-0.2, -0.15) is 0 Å². The summed E-state index contributed by atoms with van der Waals surface area (Å²) in [5, 5.41) is 10.6. The van der Waals surface area contributed by atoms with Crippen molar-refractivity contribution in [1.29, 1.82) is 0 Å². The lowest BCUT2D eigenvalue weighted by Crippen LogP contribution is -2.12. The number of halogens is 1. The van der Waals surface area contributed by atoms with Crippen LogP contribution >= 0.6 is 15.9 Å². The van der Waals surface area contributed by atoms with Gasteiger partial charge in [-0.15, -0.1) is 0 Å². The normalized spacial score (nSPS) is 19.4. The highest BCUT2D eigenvalue weighted by Crippen LogP contribution is 2.32. The van der Waals surface area contributed by atoms with Crippen molar-refractivity contribution in [2.75, 3.05) is 0 Å². The molecule has 0 radical (unpaired) electrons. The molecule has 0 spiro atoms. The van der Waals surface area contributed by atoms with Crippen molar-refractivity contribution in [3.63, 3.8) is 0 Å². The third-order valence-electron chi connectivity index (χ3n) is 2.62. The number of rotatable bonds is 3. The zero-order chi connectivity index (χ0) is 12.4. The molecule has 1 fully saturated rings. The molecule has 0 heterocycles. The molecule has 1 aromatic rings. The predicted molar refractivity (Wildman–Crippen MR) is 64.1 cm³/mol. The number of carbonyl (C=O) groups excluding carboxylic acids is 1. The van der Waals surface area contributed by atoms with E-state index >= 15 is 0 Å². The molecule has 1 aliphatic carbocycles. The van der Waals surface area contributed by atoms with E-state index in [0.29, 0.717) is 29.5 Å². The molecular formula is C11H10BrNO4. The van der Waals surface area contributed by atoms with Crippen LogP contribution in [-0.2, 0) is 4.79 Å². The number of nitro benzene ring substituents is 1. The summed E-state index contributed by atoms with van der Waals surface area (Å²) in [5.74, 6) is 0.593.